The lowest BCUT2D eigenvalue weighted by atomic mass is 9.78. The summed E-state index contributed by atoms with van der Waals surface area (Å²) >= 11 is 0. The molecule has 3 heteroatoms. The summed E-state index contributed by atoms with van der Waals surface area (Å²) in [6, 6.07) is 10.5. The third kappa shape index (κ3) is 4.95. The molecule has 1 amide bonds. The van der Waals surface area contributed by atoms with Crippen LogP contribution in [0.3, 0.4) is 0 Å². The topological polar surface area (TPSA) is 29.1 Å². The van der Waals surface area contributed by atoms with Crippen LogP contribution in [-0.4, -0.2) is 13.9 Å². The SMILES string of the molecule is BNC(=O)C(C)CC(C)(C)CCc1ccccc1. The summed E-state index contributed by atoms with van der Waals surface area (Å²) in [7, 11) is 1.70. The zero-order valence-electron chi connectivity index (χ0n) is 12.0. The maximum Gasteiger partial charge on any atom is 0.217 e. The first-order chi connectivity index (χ1) is 8.44. The Morgan fingerprint density at radius 2 is 1.94 bits per heavy atom. The lowest BCUT2D eigenvalue weighted by molar-refractivity contribution is -0.123. The van der Waals surface area contributed by atoms with Crippen molar-refractivity contribution in [3.63, 3.8) is 0 Å². The summed E-state index contributed by atoms with van der Waals surface area (Å²) < 4.78 is 0. The highest BCUT2D eigenvalue weighted by Crippen LogP contribution is 2.30. The van der Waals surface area contributed by atoms with Crippen LogP contribution in [0.5, 0.6) is 0 Å². The van der Waals surface area contributed by atoms with Gasteiger partial charge in [0.1, 0.15) is 0 Å². The van der Waals surface area contributed by atoms with Crippen LogP contribution in [-0.2, 0) is 11.2 Å². The fourth-order valence-corrected chi connectivity index (χ4v) is 2.40. The highest BCUT2D eigenvalue weighted by Gasteiger charge is 2.24. The first kappa shape index (κ1) is 14.8. The second kappa shape index (κ2) is 6.62. The van der Waals surface area contributed by atoms with Crippen molar-refractivity contribution in [3.05, 3.63) is 35.9 Å². The molecule has 1 unspecified atom stereocenters. The Hall–Kier alpha value is -1.25. The maximum atomic E-state index is 11.6. The van der Waals surface area contributed by atoms with Crippen molar-refractivity contribution in [2.45, 2.75) is 40.0 Å². The van der Waals surface area contributed by atoms with E-state index in [1.54, 1.807) is 7.98 Å². The van der Waals surface area contributed by atoms with Crippen LogP contribution in [0.1, 0.15) is 39.2 Å². The van der Waals surface area contributed by atoms with E-state index in [4.69, 9.17) is 0 Å². The van der Waals surface area contributed by atoms with E-state index in [9.17, 15) is 4.79 Å². The zero-order valence-corrected chi connectivity index (χ0v) is 12.0. The average Bonchev–Trinajstić information content (AvgIpc) is 2.36. The molecule has 0 heterocycles. The lowest BCUT2D eigenvalue weighted by Crippen LogP contribution is -2.30. The number of hydrogen-bond donors (Lipinski definition) is 1. The fourth-order valence-electron chi connectivity index (χ4n) is 2.40. The normalized spacial score (nSPS) is 13.1. The Kier molecular flexibility index (Phi) is 5.45. The minimum Gasteiger partial charge on any atom is -0.406 e. The molecule has 2 nitrogen and oxygen atoms in total. The summed E-state index contributed by atoms with van der Waals surface area (Å²) in [4.78, 5) is 11.6. The smallest absolute Gasteiger partial charge is 0.217 e. The number of aryl methyl sites for hydroxylation is 1. The molecule has 0 saturated heterocycles. The molecule has 0 aliphatic rings. The molecule has 0 aromatic heterocycles. The molecule has 1 atom stereocenters. The number of carbonyl (C=O) groups is 1. The largest absolute Gasteiger partial charge is 0.406 e. The van der Waals surface area contributed by atoms with E-state index in [0.717, 1.165) is 19.3 Å². The predicted molar refractivity (Wildman–Crippen MR) is 79.0 cm³/mol. The van der Waals surface area contributed by atoms with E-state index in [0.29, 0.717) is 0 Å². The van der Waals surface area contributed by atoms with Crippen LogP contribution in [0.25, 0.3) is 0 Å². The molecule has 1 rings (SSSR count). The van der Waals surface area contributed by atoms with Gasteiger partial charge in [0.15, 0.2) is 0 Å². The first-order valence-electron chi connectivity index (χ1n) is 6.70. The summed E-state index contributed by atoms with van der Waals surface area (Å²) in [6.45, 7) is 6.49. The van der Waals surface area contributed by atoms with Gasteiger partial charge >= 0.3 is 0 Å². The van der Waals surface area contributed by atoms with Gasteiger partial charge in [-0.3, -0.25) is 4.79 Å². The van der Waals surface area contributed by atoms with E-state index in [1.807, 2.05) is 13.0 Å². The van der Waals surface area contributed by atoms with Crippen LogP contribution in [0, 0.1) is 11.3 Å². The molecular formula is C15H24BNO. The second-order valence-corrected chi connectivity index (χ2v) is 5.87. The van der Waals surface area contributed by atoms with Gasteiger partial charge in [-0.1, -0.05) is 51.1 Å². The van der Waals surface area contributed by atoms with Crippen molar-refractivity contribution in [3.8, 4) is 0 Å². The molecule has 0 aliphatic carbocycles. The molecule has 0 bridgehead atoms. The Morgan fingerprint density at radius 3 is 2.50 bits per heavy atom. The zero-order chi connectivity index (χ0) is 13.6. The van der Waals surface area contributed by atoms with E-state index in [1.165, 1.54) is 5.56 Å². The molecule has 1 aromatic rings. The van der Waals surface area contributed by atoms with Crippen LogP contribution >= 0.6 is 0 Å². The third-order valence-corrected chi connectivity index (χ3v) is 3.49. The van der Waals surface area contributed by atoms with Crippen molar-refractivity contribution < 1.29 is 4.79 Å². The molecule has 0 radical (unpaired) electrons. The van der Waals surface area contributed by atoms with Crippen molar-refractivity contribution in [1.29, 1.82) is 0 Å². The van der Waals surface area contributed by atoms with Gasteiger partial charge in [-0.15, -0.1) is 0 Å². The molecule has 98 valence electrons. The Morgan fingerprint density at radius 1 is 1.33 bits per heavy atom. The molecule has 1 aromatic carbocycles. The van der Waals surface area contributed by atoms with Gasteiger partial charge in [-0.05, 0) is 30.2 Å². The summed E-state index contributed by atoms with van der Waals surface area (Å²) in [5, 5.41) is 2.72. The molecule has 0 aliphatic heterocycles. The van der Waals surface area contributed by atoms with E-state index in [-0.39, 0.29) is 17.2 Å². The summed E-state index contributed by atoms with van der Waals surface area (Å²) in [5.41, 5.74) is 1.57. The minimum absolute atomic E-state index is 0.0840. The second-order valence-electron chi connectivity index (χ2n) is 5.87. The number of hydrogen-bond acceptors (Lipinski definition) is 1. The quantitative estimate of drug-likeness (QED) is 0.766. The summed E-state index contributed by atoms with van der Waals surface area (Å²) in [6.07, 6.45) is 3.12. The third-order valence-electron chi connectivity index (χ3n) is 3.49. The van der Waals surface area contributed by atoms with Gasteiger partial charge in [-0.25, -0.2) is 0 Å². The summed E-state index contributed by atoms with van der Waals surface area (Å²) in [5.74, 6) is 0.226. The van der Waals surface area contributed by atoms with Crippen molar-refractivity contribution >= 4 is 13.9 Å². The van der Waals surface area contributed by atoms with Gasteiger partial charge in [0.05, 0.1) is 0 Å². The molecular weight excluding hydrogens is 221 g/mol. The molecule has 18 heavy (non-hydrogen) atoms. The van der Waals surface area contributed by atoms with Gasteiger partial charge < -0.3 is 5.23 Å². The van der Waals surface area contributed by atoms with Crippen molar-refractivity contribution in [2.24, 2.45) is 11.3 Å². The monoisotopic (exact) mass is 245 g/mol. The molecule has 0 spiro atoms. The Labute approximate surface area is 112 Å². The van der Waals surface area contributed by atoms with Crippen LogP contribution in [0.2, 0.25) is 0 Å². The average molecular weight is 245 g/mol. The van der Waals surface area contributed by atoms with Crippen LogP contribution in [0.15, 0.2) is 30.3 Å². The van der Waals surface area contributed by atoms with Crippen molar-refractivity contribution in [2.75, 3.05) is 0 Å². The highest BCUT2D eigenvalue weighted by molar-refractivity contribution is 6.14. The minimum atomic E-state index is 0.0840. The van der Waals surface area contributed by atoms with Gasteiger partial charge in [-0.2, -0.15) is 0 Å². The van der Waals surface area contributed by atoms with Gasteiger partial charge in [0.2, 0.25) is 13.9 Å². The van der Waals surface area contributed by atoms with Crippen LogP contribution in [0.4, 0.5) is 0 Å². The van der Waals surface area contributed by atoms with E-state index >= 15 is 0 Å². The number of amides is 1. The Bertz CT molecular complexity index is 375. The van der Waals surface area contributed by atoms with Gasteiger partial charge in [0, 0.05) is 5.92 Å². The number of rotatable bonds is 6. The van der Waals surface area contributed by atoms with Crippen LogP contribution < -0.4 is 5.23 Å². The molecule has 1 N–H and O–H groups in total. The maximum absolute atomic E-state index is 11.6. The first-order valence-corrected chi connectivity index (χ1v) is 6.70. The van der Waals surface area contributed by atoms with Crippen molar-refractivity contribution in [1.82, 2.24) is 5.23 Å². The molecule has 0 saturated carbocycles. The van der Waals surface area contributed by atoms with E-state index < -0.39 is 0 Å². The predicted octanol–water partition coefficient (Wildman–Crippen LogP) is 2.34. The number of carbonyl (C=O) groups excluding carboxylic acids is 1. The number of benzene rings is 1. The number of nitrogens with one attached hydrogen (secondary N) is 1. The highest BCUT2D eigenvalue weighted by atomic mass is 16.1. The lowest BCUT2D eigenvalue weighted by Gasteiger charge is -2.27. The standard InChI is InChI=1S/C15H24BNO/c1-12(14(18)17-16)11-15(2,3)10-9-13-7-5-4-6-8-13/h4-8,12H,9-11,16H2,1-3H3,(H,17,18). The molecule has 0 fully saturated rings. The van der Waals surface area contributed by atoms with E-state index in [2.05, 4.69) is 43.3 Å². The Balaban J connectivity index is 2.47. The van der Waals surface area contributed by atoms with Gasteiger partial charge in [0.25, 0.3) is 0 Å². The fraction of sp³-hybridized carbons (Fsp3) is 0.533.